The minimum atomic E-state index is 0. The van der Waals surface area contributed by atoms with Gasteiger partial charge in [-0.05, 0) is 43.0 Å². The fraction of sp³-hybridized carbons (Fsp3) is 0.231. The molecule has 0 fully saturated rings. The minimum Gasteiger partial charge on any atom is -0.322 e. The van der Waals surface area contributed by atoms with E-state index in [2.05, 4.69) is 25.8 Å². The largest absolute Gasteiger partial charge is 0.322 e. The molecule has 1 aromatic rings. The Labute approximate surface area is 135 Å². The van der Waals surface area contributed by atoms with Crippen molar-refractivity contribution in [3.05, 3.63) is 44.9 Å². The number of rotatable bonds is 2. The van der Waals surface area contributed by atoms with Gasteiger partial charge in [-0.1, -0.05) is 15.9 Å². The van der Waals surface area contributed by atoms with E-state index in [1.807, 2.05) is 31.2 Å². The molecule has 0 saturated heterocycles. The summed E-state index contributed by atoms with van der Waals surface area (Å²) in [4.78, 5) is 19.7. The second-order valence-corrected chi connectivity index (χ2v) is 6.06. The van der Waals surface area contributed by atoms with Crippen LogP contribution >= 0.6 is 44.7 Å². The molecule has 0 spiro atoms. The highest BCUT2D eigenvalue weighted by molar-refractivity contribution is 9.10. The standard InChI is InChI=1S/C13H11BrN2OS.BrH/c1-8-12(18-13-15-6-7-16(8)13)11(17)9-2-4-10(14)5-3-9;/h2-5H,6-7H2,1H3;1H. The first-order valence-electron chi connectivity index (χ1n) is 5.68. The zero-order valence-corrected chi connectivity index (χ0v) is 14.3. The average molecular weight is 404 g/mol. The molecule has 6 heteroatoms. The van der Waals surface area contributed by atoms with Gasteiger partial charge in [-0.15, -0.1) is 17.0 Å². The number of allylic oxidation sites excluding steroid dienone is 2. The Bertz CT molecular complexity index is 581. The number of nitrogens with zero attached hydrogens (tertiary/aromatic N) is 2. The van der Waals surface area contributed by atoms with Crippen LogP contribution in [0, 0.1) is 0 Å². The molecule has 0 bridgehead atoms. The fourth-order valence-electron chi connectivity index (χ4n) is 2.06. The van der Waals surface area contributed by atoms with Crippen LogP contribution in [0.25, 0.3) is 0 Å². The maximum atomic E-state index is 12.4. The maximum Gasteiger partial charge on any atom is 0.201 e. The van der Waals surface area contributed by atoms with Crippen molar-refractivity contribution in [2.75, 3.05) is 13.1 Å². The van der Waals surface area contributed by atoms with Crippen molar-refractivity contribution < 1.29 is 4.79 Å². The van der Waals surface area contributed by atoms with E-state index in [-0.39, 0.29) is 22.8 Å². The number of hydrogen-bond donors (Lipinski definition) is 0. The van der Waals surface area contributed by atoms with Gasteiger partial charge in [0.15, 0.2) is 5.17 Å². The van der Waals surface area contributed by atoms with E-state index in [0.717, 1.165) is 38.9 Å². The van der Waals surface area contributed by atoms with Crippen molar-refractivity contribution in [3.63, 3.8) is 0 Å². The van der Waals surface area contributed by atoms with E-state index in [0.29, 0.717) is 0 Å². The summed E-state index contributed by atoms with van der Waals surface area (Å²) in [6.07, 6.45) is 0. The van der Waals surface area contributed by atoms with Gasteiger partial charge in [0, 0.05) is 22.3 Å². The van der Waals surface area contributed by atoms with E-state index >= 15 is 0 Å². The molecule has 0 unspecified atom stereocenters. The molecule has 0 saturated carbocycles. The molecule has 2 aliphatic rings. The quantitative estimate of drug-likeness (QED) is 0.703. The average Bonchev–Trinajstić information content (AvgIpc) is 2.93. The van der Waals surface area contributed by atoms with E-state index in [9.17, 15) is 4.79 Å². The molecule has 2 heterocycles. The highest BCUT2D eigenvalue weighted by atomic mass is 79.9. The smallest absolute Gasteiger partial charge is 0.201 e. The summed E-state index contributed by atoms with van der Waals surface area (Å²) < 4.78 is 0.980. The van der Waals surface area contributed by atoms with Gasteiger partial charge in [-0.25, -0.2) is 0 Å². The number of Topliss-reactive ketones (excluding diaryl/α,β-unsaturated/α-hetero) is 1. The molecule has 0 amide bonds. The Balaban J connectivity index is 0.00000133. The molecule has 0 radical (unpaired) electrons. The molecule has 2 aliphatic heterocycles. The Kier molecular flexibility index (Phi) is 4.53. The molecular weight excluding hydrogens is 392 g/mol. The number of halogens is 2. The third kappa shape index (κ3) is 2.66. The van der Waals surface area contributed by atoms with Crippen LogP contribution in [0.2, 0.25) is 0 Å². The van der Waals surface area contributed by atoms with Crippen molar-refractivity contribution in [1.82, 2.24) is 4.90 Å². The van der Waals surface area contributed by atoms with E-state index < -0.39 is 0 Å². The number of hydrogen-bond acceptors (Lipinski definition) is 4. The minimum absolute atomic E-state index is 0. The van der Waals surface area contributed by atoms with Crippen molar-refractivity contribution in [2.45, 2.75) is 6.92 Å². The first-order valence-corrected chi connectivity index (χ1v) is 7.29. The monoisotopic (exact) mass is 402 g/mol. The van der Waals surface area contributed by atoms with Crippen molar-refractivity contribution in [2.24, 2.45) is 4.99 Å². The number of aliphatic imine (C=N–C) groups is 1. The van der Waals surface area contributed by atoms with E-state index in [1.54, 1.807) is 0 Å². The number of amidine groups is 1. The molecule has 1 aromatic carbocycles. The topological polar surface area (TPSA) is 32.7 Å². The molecule has 3 rings (SSSR count). The van der Waals surface area contributed by atoms with Crippen LogP contribution in [0.3, 0.4) is 0 Å². The summed E-state index contributed by atoms with van der Waals surface area (Å²) in [5, 5.41) is 0.966. The van der Waals surface area contributed by atoms with Crippen molar-refractivity contribution in [1.29, 1.82) is 0 Å². The Morgan fingerprint density at radius 1 is 1.37 bits per heavy atom. The zero-order valence-electron chi connectivity index (χ0n) is 10.2. The third-order valence-electron chi connectivity index (χ3n) is 3.04. The van der Waals surface area contributed by atoms with Gasteiger partial charge in [-0.3, -0.25) is 9.79 Å². The Morgan fingerprint density at radius 2 is 2.05 bits per heavy atom. The lowest BCUT2D eigenvalue weighted by Crippen LogP contribution is -2.19. The Hall–Kier alpha value is -0.590. The van der Waals surface area contributed by atoms with Gasteiger partial charge in [0.1, 0.15) is 0 Å². The van der Waals surface area contributed by atoms with E-state index in [1.165, 1.54) is 11.8 Å². The molecule has 0 aromatic heterocycles. The number of thioether (sulfide) groups is 1. The van der Waals surface area contributed by atoms with Gasteiger partial charge in [0.25, 0.3) is 0 Å². The van der Waals surface area contributed by atoms with Gasteiger partial charge in [0.2, 0.25) is 5.78 Å². The summed E-state index contributed by atoms with van der Waals surface area (Å²) in [6, 6.07) is 7.47. The lowest BCUT2D eigenvalue weighted by atomic mass is 10.1. The molecule has 100 valence electrons. The normalized spacial score (nSPS) is 17.2. The number of benzene rings is 1. The number of ketones is 1. The van der Waals surface area contributed by atoms with Gasteiger partial charge in [-0.2, -0.15) is 0 Å². The van der Waals surface area contributed by atoms with Crippen LogP contribution in [0.1, 0.15) is 17.3 Å². The molecule has 0 atom stereocenters. The second-order valence-electron chi connectivity index (χ2n) is 4.17. The van der Waals surface area contributed by atoms with Crippen LogP contribution in [0.4, 0.5) is 0 Å². The third-order valence-corrected chi connectivity index (χ3v) is 4.79. The predicted octanol–water partition coefficient (Wildman–Crippen LogP) is 3.86. The lowest BCUT2D eigenvalue weighted by Gasteiger charge is -2.11. The zero-order chi connectivity index (χ0) is 12.7. The van der Waals surface area contributed by atoms with Crippen LogP contribution in [0.15, 0.2) is 44.3 Å². The maximum absolute atomic E-state index is 12.4. The summed E-state index contributed by atoms with van der Waals surface area (Å²) >= 11 is 4.86. The van der Waals surface area contributed by atoms with Gasteiger partial charge < -0.3 is 4.90 Å². The predicted molar refractivity (Wildman–Crippen MR) is 88.1 cm³/mol. The van der Waals surface area contributed by atoms with Crippen molar-refractivity contribution >= 4 is 55.6 Å². The highest BCUT2D eigenvalue weighted by Gasteiger charge is 2.33. The van der Waals surface area contributed by atoms with Crippen LogP contribution in [-0.2, 0) is 0 Å². The molecule has 19 heavy (non-hydrogen) atoms. The van der Waals surface area contributed by atoms with Crippen LogP contribution in [-0.4, -0.2) is 28.9 Å². The SMILES string of the molecule is Br.CC1=C(C(=O)c2ccc(Br)cc2)SC2=NCCN21. The first-order chi connectivity index (χ1) is 8.66. The number of carbonyl (C=O) groups is 1. The summed E-state index contributed by atoms with van der Waals surface area (Å²) in [5.74, 6) is 0.0853. The van der Waals surface area contributed by atoms with Crippen LogP contribution in [0.5, 0.6) is 0 Å². The van der Waals surface area contributed by atoms with E-state index in [4.69, 9.17) is 0 Å². The van der Waals surface area contributed by atoms with Gasteiger partial charge >= 0.3 is 0 Å². The van der Waals surface area contributed by atoms with Gasteiger partial charge in [0.05, 0.1) is 11.4 Å². The van der Waals surface area contributed by atoms with Crippen LogP contribution < -0.4 is 0 Å². The lowest BCUT2D eigenvalue weighted by molar-refractivity contribution is 0.104. The Morgan fingerprint density at radius 3 is 2.68 bits per heavy atom. The fourth-order valence-corrected chi connectivity index (χ4v) is 3.47. The molecule has 3 nitrogen and oxygen atoms in total. The number of carbonyl (C=O) groups excluding carboxylic acids is 1. The molecular formula is C13H12Br2N2OS. The van der Waals surface area contributed by atoms with Crippen molar-refractivity contribution in [3.8, 4) is 0 Å². The summed E-state index contributed by atoms with van der Waals surface area (Å²) in [5.41, 5.74) is 1.76. The highest BCUT2D eigenvalue weighted by Crippen LogP contribution is 2.37. The molecule has 0 N–H and O–H groups in total. The first kappa shape index (κ1) is 14.8. The molecule has 0 aliphatic carbocycles. The summed E-state index contributed by atoms with van der Waals surface area (Å²) in [6.45, 7) is 3.72. The second kappa shape index (κ2) is 5.81. The number of fused-ring (bicyclic) bond motifs is 1. The summed E-state index contributed by atoms with van der Waals surface area (Å²) in [7, 11) is 0.